The van der Waals surface area contributed by atoms with E-state index in [-0.39, 0.29) is 11.4 Å². The smallest absolute Gasteiger partial charge is 0.268 e. The minimum Gasteiger partial charge on any atom is -0.382 e. The number of anilines is 2. The van der Waals surface area contributed by atoms with Crippen molar-refractivity contribution in [1.29, 1.82) is 0 Å². The molecular formula is C13H22N4OS. The summed E-state index contributed by atoms with van der Waals surface area (Å²) in [6.07, 6.45) is 2.14. The predicted molar refractivity (Wildman–Crippen MR) is 79.6 cm³/mol. The van der Waals surface area contributed by atoms with Crippen molar-refractivity contribution in [2.75, 3.05) is 17.6 Å². The van der Waals surface area contributed by atoms with Crippen LogP contribution in [0.1, 0.15) is 50.2 Å². The lowest BCUT2D eigenvalue weighted by Crippen LogP contribution is -2.33. The SMILES string of the molecule is CC1CCCN1C(=O)c1sc(NC(C)(C)C)nc1N. The lowest BCUT2D eigenvalue weighted by molar-refractivity contribution is 0.0753. The number of carbonyl (C=O) groups is 1. The Labute approximate surface area is 118 Å². The number of rotatable bonds is 2. The lowest BCUT2D eigenvalue weighted by atomic mass is 10.1. The molecular weight excluding hydrogens is 260 g/mol. The van der Waals surface area contributed by atoms with Gasteiger partial charge in [-0.25, -0.2) is 4.98 Å². The van der Waals surface area contributed by atoms with E-state index in [1.165, 1.54) is 11.3 Å². The second-order valence-electron chi connectivity index (χ2n) is 6.10. The van der Waals surface area contributed by atoms with E-state index in [9.17, 15) is 4.79 Å². The summed E-state index contributed by atoms with van der Waals surface area (Å²) in [7, 11) is 0. The first-order valence-electron chi connectivity index (χ1n) is 6.63. The summed E-state index contributed by atoms with van der Waals surface area (Å²) in [5.74, 6) is 0.350. The average Bonchev–Trinajstić information content (AvgIpc) is 2.82. The van der Waals surface area contributed by atoms with Gasteiger partial charge in [0.25, 0.3) is 5.91 Å². The molecule has 1 aliphatic heterocycles. The van der Waals surface area contributed by atoms with Crippen LogP contribution >= 0.6 is 11.3 Å². The van der Waals surface area contributed by atoms with Gasteiger partial charge in [-0.1, -0.05) is 11.3 Å². The fourth-order valence-corrected chi connectivity index (χ4v) is 3.27. The van der Waals surface area contributed by atoms with Crippen molar-refractivity contribution >= 4 is 28.2 Å². The molecule has 0 spiro atoms. The van der Waals surface area contributed by atoms with Crippen molar-refractivity contribution in [3.05, 3.63) is 4.88 Å². The first-order chi connectivity index (χ1) is 8.78. The van der Waals surface area contributed by atoms with E-state index < -0.39 is 0 Å². The first-order valence-corrected chi connectivity index (χ1v) is 7.45. The van der Waals surface area contributed by atoms with E-state index in [0.29, 0.717) is 21.9 Å². The largest absolute Gasteiger partial charge is 0.382 e. The fraction of sp³-hybridized carbons (Fsp3) is 0.692. The summed E-state index contributed by atoms with van der Waals surface area (Å²) >= 11 is 1.34. The molecule has 0 bridgehead atoms. The highest BCUT2D eigenvalue weighted by atomic mass is 32.1. The molecule has 5 nitrogen and oxygen atoms in total. The van der Waals surface area contributed by atoms with Crippen LogP contribution in [0.4, 0.5) is 10.9 Å². The molecule has 1 saturated heterocycles. The molecule has 6 heteroatoms. The van der Waals surface area contributed by atoms with Crippen molar-refractivity contribution in [3.63, 3.8) is 0 Å². The molecule has 1 aromatic heterocycles. The Hall–Kier alpha value is -1.30. The second-order valence-corrected chi connectivity index (χ2v) is 7.10. The van der Waals surface area contributed by atoms with Gasteiger partial charge in [0, 0.05) is 18.1 Å². The van der Waals surface area contributed by atoms with Crippen molar-refractivity contribution in [2.45, 2.75) is 52.1 Å². The molecule has 1 amide bonds. The van der Waals surface area contributed by atoms with E-state index >= 15 is 0 Å². The Morgan fingerprint density at radius 1 is 1.53 bits per heavy atom. The third kappa shape index (κ3) is 3.18. The van der Waals surface area contributed by atoms with Crippen LogP contribution in [0.2, 0.25) is 0 Å². The highest BCUT2D eigenvalue weighted by molar-refractivity contribution is 7.18. The maximum absolute atomic E-state index is 12.4. The summed E-state index contributed by atoms with van der Waals surface area (Å²) in [6.45, 7) is 9.05. The zero-order chi connectivity index (χ0) is 14.2. The van der Waals surface area contributed by atoms with Gasteiger partial charge < -0.3 is 16.0 Å². The lowest BCUT2D eigenvalue weighted by Gasteiger charge is -2.20. The first kappa shape index (κ1) is 14.1. The molecule has 0 aromatic carbocycles. The summed E-state index contributed by atoms with van der Waals surface area (Å²) in [4.78, 5) is 19.1. The van der Waals surface area contributed by atoms with Crippen molar-refractivity contribution in [2.24, 2.45) is 0 Å². The predicted octanol–water partition coefficient (Wildman–Crippen LogP) is 2.56. The van der Waals surface area contributed by atoms with E-state index in [0.717, 1.165) is 19.4 Å². The number of nitrogens with two attached hydrogens (primary N) is 1. The number of amides is 1. The van der Waals surface area contributed by atoms with Gasteiger partial charge in [-0.05, 0) is 40.5 Å². The van der Waals surface area contributed by atoms with Gasteiger partial charge in [0.05, 0.1) is 0 Å². The van der Waals surface area contributed by atoms with Gasteiger partial charge in [0.2, 0.25) is 0 Å². The van der Waals surface area contributed by atoms with Crippen LogP contribution in [0, 0.1) is 0 Å². The molecule has 1 aromatic rings. The van der Waals surface area contributed by atoms with E-state index in [2.05, 4.69) is 38.0 Å². The molecule has 1 unspecified atom stereocenters. The highest BCUT2D eigenvalue weighted by Gasteiger charge is 2.29. The maximum atomic E-state index is 12.4. The fourth-order valence-electron chi connectivity index (χ4n) is 2.22. The van der Waals surface area contributed by atoms with Gasteiger partial charge >= 0.3 is 0 Å². The Balaban J connectivity index is 2.18. The normalized spacial score (nSPS) is 19.8. The van der Waals surface area contributed by atoms with Crippen LogP contribution in [0.5, 0.6) is 0 Å². The monoisotopic (exact) mass is 282 g/mol. The average molecular weight is 282 g/mol. The number of hydrogen-bond donors (Lipinski definition) is 2. The summed E-state index contributed by atoms with van der Waals surface area (Å²) in [5.41, 5.74) is 5.79. The van der Waals surface area contributed by atoms with Crippen LogP contribution in [0.15, 0.2) is 0 Å². The standard InChI is InChI=1S/C13H22N4OS/c1-8-6-5-7-17(8)11(18)9-10(14)15-12(19-9)16-13(2,3)4/h8H,5-7,14H2,1-4H3,(H,15,16). The molecule has 106 valence electrons. The zero-order valence-electron chi connectivity index (χ0n) is 12.0. The minimum absolute atomic E-state index is 0.0157. The number of likely N-dealkylation sites (tertiary alicyclic amines) is 1. The summed E-state index contributed by atoms with van der Waals surface area (Å²) in [5, 5.41) is 3.96. The Morgan fingerprint density at radius 2 is 2.21 bits per heavy atom. The molecule has 0 radical (unpaired) electrons. The number of nitrogens with zero attached hydrogens (tertiary/aromatic N) is 2. The number of thiazole rings is 1. The van der Waals surface area contributed by atoms with Crippen LogP contribution in [0.3, 0.4) is 0 Å². The van der Waals surface area contributed by atoms with Crippen LogP contribution < -0.4 is 11.1 Å². The molecule has 1 aliphatic rings. The highest BCUT2D eigenvalue weighted by Crippen LogP contribution is 2.30. The summed E-state index contributed by atoms with van der Waals surface area (Å²) < 4.78 is 0. The Morgan fingerprint density at radius 3 is 2.74 bits per heavy atom. The van der Waals surface area contributed by atoms with Gasteiger partial charge in [-0.2, -0.15) is 0 Å². The van der Waals surface area contributed by atoms with Gasteiger partial charge in [0.1, 0.15) is 10.7 Å². The molecule has 0 aliphatic carbocycles. The molecule has 3 N–H and O–H groups in total. The van der Waals surface area contributed by atoms with E-state index in [1.54, 1.807) is 0 Å². The topological polar surface area (TPSA) is 71.2 Å². The van der Waals surface area contributed by atoms with E-state index in [4.69, 9.17) is 5.73 Å². The van der Waals surface area contributed by atoms with Gasteiger partial charge in [-0.3, -0.25) is 4.79 Å². The summed E-state index contributed by atoms with van der Waals surface area (Å²) in [6, 6.07) is 0.299. The zero-order valence-corrected chi connectivity index (χ0v) is 12.8. The van der Waals surface area contributed by atoms with Crippen molar-refractivity contribution in [3.8, 4) is 0 Å². The number of aromatic nitrogens is 1. The van der Waals surface area contributed by atoms with Crippen LogP contribution in [-0.2, 0) is 0 Å². The quantitative estimate of drug-likeness (QED) is 0.874. The minimum atomic E-state index is -0.0917. The number of carbonyl (C=O) groups excluding carboxylic acids is 1. The van der Waals surface area contributed by atoms with Crippen LogP contribution in [-0.4, -0.2) is 33.9 Å². The number of nitrogens with one attached hydrogen (secondary N) is 1. The van der Waals surface area contributed by atoms with Gasteiger partial charge in [-0.15, -0.1) is 0 Å². The maximum Gasteiger partial charge on any atom is 0.268 e. The third-order valence-electron chi connectivity index (χ3n) is 3.14. The van der Waals surface area contributed by atoms with Gasteiger partial charge in [0.15, 0.2) is 5.13 Å². The molecule has 1 atom stereocenters. The van der Waals surface area contributed by atoms with Crippen LogP contribution in [0.25, 0.3) is 0 Å². The molecule has 2 rings (SSSR count). The van der Waals surface area contributed by atoms with E-state index in [1.807, 2.05) is 4.90 Å². The molecule has 1 fully saturated rings. The second kappa shape index (κ2) is 5.00. The number of hydrogen-bond acceptors (Lipinski definition) is 5. The van der Waals surface area contributed by atoms with Crippen molar-refractivity contribution in [1.82, 2.24) is 9.88 Å². The number of nitrogen functional groups attached to an aromatic ring is 1. The van der Waals surface area contributed by atoms with Crippen molar-refractivity contribution < 1.29 is 4.79 Å². The molecule has 2 heterocycles. The molecule has 0 saturated carbocycles. The Kier molecular flexibility index (Phi) is 3.71. The Bertz CT molecular complexity index is 477. The molecule has 19 heavy (non-hydrogen) atoms. The third-order valence-corrected chi connectivity index (χ3v) is 4.12.